The molecule has 0 radical (unpaired) electrons. The van der Waals surface area contributed by atoms with Gasteiger partial charge in [0.1, 0.15) is 5.82 Å². The van der Waals surface area contributed by atoms with Crippen LogP contribution in [0.2, 0.25) is 10.0 Å². The lowest BCUT2D eigenvalue weighted by molar-refractivity contribution is 0.589. The van der Waals surface area contributed by atoms with E-state index in [4.69, 9.17) is 23.2 Å². The molecule has 4 rings (SSSR count). The summed E-state index contributed by atoms with van der Waals surface area (Å²) in [5.74, 6) is 0.824. The predicted molar refractivity (Wildman–Crippen MR) is 96.6 cm³/mol. The van der Waals surface area contributed by atoms with Crippen molar-refractivity contribution in [1.82, 2.24) is 15.3 Å². The molecular weight excluding hydrogens is 331 g/mol. The first-order valence-electron chi connectivity index (χ1n) is 7.61. The van der Waals surface area contributed by atoms with Crippen LogP contribution in [0, 0.1) is 0 Å². The average molecular weight is 347 g/mol. The van der Waals surface area contributed by atoms with Gasteiger partial charge < -0.3 is 15.2 Å². The second kappa shape index (κ2) is 6.04. The zero-order chi connectivity index (χ0) is 15.8. The fraction of sp³-hybridized carbons (Fsp3) is 0.235. The molecule has 1 aromatic heterocycles. The van der Waals surface area contributed by atoms with E-state index < -0.39 is 0 Å². The van der Waals surface area contributed by atoms with Crippen molar-refractivity contribution in [2.24, 2.45) is 0 Å². The van der Waals surface area contributed by atoms with E-state index in [0.717, 1.165) is 48.6 Å². The van der Waals surface area contributed by atoms with Crippen LogP contribution in [0.15, 0.2) is 36.4 Å². The average Bonchev–Trinajstić information content (AvgIpc) is 2.99. The van der Waals surface area contributed by atoms with Crippen LogP contribution in [0.1, 0.15) is 0 Å². The third-order valence-corrected chi connectivity index (χ3v) is 4.87. The summed E-state index contributed by atoms with van der Waals surface area (Å²) in [7, 11) is 0. The summed E-state index contributed by atoms with van der Waals surface area (Å²) < 4.78 is 0. The number of nitrogens with one attached hydrogen (secondary N) is 2. The lowest BCUT2D eigenvalue weighted by atomic mass is 10.1. The van der Waals surface area contributed by atoms with Gasteiger partial charge in [-0.2, -0.15) is 0 Å². The maximum Gasteiger partial charge on any atom is 0.138 e. The topological polar surface area (TPSA) is 44.0 Å². The first-order valence-corrected chi connectivity index (χ1v) is 8.37. The number of fused-ring (bicyclic) bond motifs is 1. The molecular formula is C17H16Cl2N4. The van der Waals surface area contributed by atoms with Gasteiger partial charge in [0.15, 0.2) is 0 Å². The van der Waals surface area contributed by atoms with Crippen LogP contribution >= 0.6 is 23.2 Å². The second-order valence-corrected chi connectivity index (χ2v) is 6.47. The first-order chi connectivity index (χ1) is 11.2. The summed E-state index contributed by atoms with van der Waals surface area (Å²) in [4.78, 5) is 10.3. The van der Waals surface area contributed by atoms with Gasteiger partial charge in [-0.3, -0.25) is 0 Å². The number of aromatic amines is 1. The van der Waals surface area contributed by atoms with Gasteiger partial charge in [-0.05, 0) is 36.4 Å². The third kappa shape index (κ3) is 2.90. The molecule has 3 aromatic rings. The number of rotatable bonds is 2. The summed E-state index contributed by atoms with van der Waals surface area (Å²) in [6, 6.07) is 12.1. The highest BCUT2D eigenvalue weighted by Crippen LogP contribution is 2.29. The number of hydrogen-bond donors (Lipinski definition) is 2. The molecule has 0 amide bonds. The fourth-order valence-corrected chi connectivity index (χ4v) is 3.22. The summed E-state index contributed by atoms with van der Waals surface area (Å²) in [5, 5.41) is 4.42. The van der Waals surface area contributed by atoms with E-state index in [1.807, 2.05) is 6.07 Å². The van der Waals surface area contributed by atoms with Gasteiger partial charge in [0, 0.05) is 37.4 Å². The Hall–Kier alpha value is -1.75. The molecule has 2 heterocycles. The Morgan fingerprint density at radius 2 is 1.65 bits per heavy atom. The van der Waals surface area contributed by atoms with Gasteiger partial charge in [0.05, 0.1) is 21.1 Å². The number of benzene rings is 2. The molecule has 0 aliphatic carbocycles. The Morgan fingerprint density at radius 1 is 0.957 bits per heavy atom. The summed E-state index contributed by atoms with van der Waals surface area (Å²) in [6.45, 7) is 4.15. The van der Waals surface area contributed by atoms with E-state index in [1.165, 1.54) is 5.69 Å². The Bertz CT molecular complexity index is 797. The monoisotopic (exact) mass is 346 g/mol. The van der Waals surface area contributed by atoms with Crippen molar-refractivity contribution < 1.29 is 0 Å². The van der Waals surface area contributed by atoms with Crippen molar-refractivity contribution in [3.05, 3.63) is 46.4 Å². The van der Waals surface area contributed by atoms with Gasteiger partial charge in [0.2, 0.25) is 0 Å². The Balaban J connectivity index is 1.65. The molecule has 0 bridgehead atoms. The van der Waals surface area contributed by atoms with Crippen LogP contribution < -0.4 is 10.2 Å². The van der Waals surface area contributed by atoms with Crippen molar-refractivity contribution in [3.8, 4) is 11.4 Å². The summed E-state index contributed by atoms with van der Waals surface area (Å²) in [6.07, 6.45) is 0. The molecule has 4 nitrogen and oxygen atoms in total. The normalized spacial score (nSPS) is 15.3. The first kappa shape index (κ1) is 14.8. The Labute approximate surface area is 144 Å². The minimum atomic E-state index is 0.520. The minimum Gasteiger partial charge on any atom is -0.369 e. The highest BCUT2D eigenvalue weighted by molar-refractivity contribution is 6.42. The van der Waals surface area contributed by atoms with E-state index in [2.05, 4.69) is 44.5 Å². The lowest BCUT2D eigenvalue weighted by Gasteiger charge is -2.29. The maximum atomic E-state index is 6.06. The molecule has 1 aliphatic rings. The molecule has 1 saturated heterocycles. The van der Waals surface area contributed by atoms with Crippen LogP contribution in [0.5, 0.6) is 0 Å². The molecule has 1 aliphatic heterocycles. The SMILES string of the molecule is Clc1cc2nc(-c3ccc(N4CCNCC4)cc3)[nH]c2cc1Cl. The smallest absolute Gasteiger partial charge is 0.138 e. The number of hydrogen-bond acceptors (Lipinski definition) is 3. The zero-order valence-corrected chi connectivity index (χ0v) is 14.0. The molecule has 1 fully saturated rings. The fourth-order valence-electron chi connectivity index (χ4n) is 2.89. The van der Waals surface area contributed by atoms with E-state index >= 15 is 0 Å². The molecule has 0 saturated carbocycles. The molecule has 0 unspecified atom stereocenters. The quantitative estimate of drug-likeness (QED) is 0.738. The van der Waals surface area contributed by atoms with Crippen molar-refractivity contribution in [2.75, 3.05) is 31.1 Å². The summed E-state index contributed by atoms with van der Waals surface area (Å²) >= 11 is 12.1. The molecule has 2 N–H and O–H groups in total. The molecule has 0 spiro atoms. The summed E-state index contributed by atoms with van der Waals surface area (Å²) in [5.41, 5.74) is 4.01. The largest absolute Gasteiger partial charge is 0.369 e. The standard InChI is InChI=1S/C17H16Cl2N4/c18-13-9-15-16(10-14(13)19)22-17(21-15)11-1-3-12(4-2-11)23-7-5-20-6-8-23/h1-4,9-10,20H,5-8H2,(H,21,22). The van der Waals surface area contributed by atoms with Crippen LogP contribution in [-0.2, 0) is 0 Å². The third-order valence-electron chi connectivity index (χ3n) is 4.15. The number of aromatic nitrogens is 2. The van der Waals surface area contributed by atoms with E-state index in [1.54, 1.807) is 6.07 Å². The number of nitrogens with zero attached hydrogens (tertiary/aromatic N) is 2. The molecule has 23 heavy (non-hydrogen) atoms. The molecule has 2 aromatic carbocycles. The Kier molecular flexibility index (Phi) is 3.89. The number of H-pyrrole nitrogens is 1. The number of piperazine rings is 1. The Morgan fingerprint density at radius 3 is 2.39 bits per heavy atom. The molecule has 6 heteroatoms. The van der Waals surface area contributed by atoms with Gasteiger partial charge in [-0.15, -0.1) is 0 Å². The van der Waals surface area contributed by atoms with Gasteiger partial charge in [-0.1, -0.05) is 23.2 Å². The van der Waals surface area contributed by atoms with Crippen molar-refractivity contribution in [3.63, 3.8) is 0 Å². The van der Waals surface area contributed by atoms with Crippen LogP contribution in [0.4, 0.5) is 5.69 Å². The van der Waals surface area contributed by atoms with E-state index in [0.29, 0.717) is 10.0 Å². The minimum absolute atomic E-state index is 0.520. The highest BCUT2D eigenvalue weighted by atomic mass is 35.5. The van der Waals surface area contributed by atoms with E-state index in [9.17, 15) is 0 Å². The van der Waals surface area contributed by atoms with Gasteiger partial charge >= 0.3 is 0 Å². The van der Waals surface area contributed by atoms with Crippen LogP contribution in [-0.4, -0.2) is 36.1 Å². The molecule has 118 valence electrons. The van der Waals surface area contributed by atoms with E-state index in [-0.39, 0.29) is 0 Å². The van der Waals surface area contributed by atoms with Crippen molar-refractivity contribution in [1.29, 1.82) is 0 Å². The van der Waals surface area contributed by atoms with Crippen LogP contribution in [0.3, 0.4) is 0 Å². The molecule has 0 atom stereocenters. The van der Waals surface area contributed by atoms with Crippen molar-refractivity contribution in [2.45, 2.75) is 0 Å². The zero-order valence-electron chi connectivity index (χ0n) is 12.4. The number of anilines is 1. The lowest BCUT2D eigenvalue weighted by Crippen LogP contribution is -2.43. The van der Waals surface area contributed by atoms with Crippen molar-refractivity contribution >= 4 is 39.9 Å². The number of halogens is 2. The predicted octanol–water partition coefficient (Wildman–Crippen LogP) is 3.95. The van der Waals surface area contributed by atoms with Crippen LogP contribution in [0.25, 0.3) is 22.4 Å². The second-order valence-electron chi connectivity index (χ2n) is 5.65. The maximum absolute atomic E-state index is 6.06. The highest BCUT2D eigenvalue weighted by Gasteiger charge is 2.12. The van der Waals surface area contributed by atoms with Gasteiger partial charge in [0.25, 0.3) is 0 Å². The van der Waals surface area contributed by atoms with Gasteiger partial charge in [-0.25, -0.2) is 4.98 Å². The number of imidazole rings is 1.